The van der Waals surface area contributed by atoms with Gasteiger partial charge in [-0.3, -0.25) is 0 Å². The van der Waals surface area contributed by atoms with Crippen LogP contribution < -0.4 is 16.0 Å². The molecule has 0 heterocycles. The predicted molar refractivity (Wildman–Crippen MR) is 225 cm³/mol. The second kappa shape index (κ2) is 15.3. The maximum atomic E-state index is 10.6. The van der Waals surface area contributed by atoms with Crippen molar-refractivity contribution in [3.63, 3.8) is 0 Å². The third kappa shape index (κ3) is 6.91. The van der Waals surface area contributed by atoms with E-state index in [1.54, 1.807) is 0 Å². The van der Waals surface area contributed by atoms with Crippen molar-refractivity contribution in [1.82, 2.24) is 0 Å². The number of nitrogens with zero attached hydrogens (tertiary/aromatic N) is 4. The minimum atomic E-state index is 0.643. The van der Waals surface area contributed by atoms with E-state index in [1.807, 2.05) is 24.3 Å². The summed E-state index contributed by atoms with van der Waals surface area (Å²) in [6.45, 7) is 8.54. The van der Waals surface area contributed by atoms with Crippen molar-refractivity contribution in [2.75, 3.05) is 16.8 Å². The molecule has 0 unspecified atom stereocenters. The van der Waals surface area contributed by atoms with E-state index in [-0.39, 0.29) is 0 Å². The molecule has 252 valence electrons. The summed E-state index contributed by atoms with van der Waals surface area (Å²) in [6, 6.07) is 49.3. The maximum absolute atomic E-state index is 10.6. The molecular formula is C47H36N4Pb2. The summed E-state index contributed by atoms with van der Waals surface area (Å²) in [5.41, 5.74) is 12.0. The van der Waals surface area contributed by atoms with Crippen LogP contribution in [0.2, 0.25) is 0 Å². The number of hydrogen-bond donors (Lipinski definition) is 0. The molecule has 0 aliphatic rings. The molecule has 0 aliphatic heterocycles. The van der Waals surface area contributed by atoms with Gasteiger partial charge in [-0.25, -0.2) is 0 Å². The zero-order valence-electron chi connectivity index (χ0n) is 30.4. The van der Waals surface area contributed by atoms with Crippen LogP contribution in [-0.2, 0) is 0 Å². The molecular weight excluding hydrogens is 1030 g/mol. The Morgan fingerprint density at radius 2 is 1.04 bits per heavy atom. The topological polar surface area (TPSA) is 54.1 Å². The standard InChI is InChI=1S/C32H20N3.C15H16N.2Pb/c1-20-8-15-29(21(2)16-20)35(25-6-4-3-5-7-25)30-17-23-11-9-22-10-12-24(18-33)26-13-14-27(28(30)19-34)32(23)31(22)26;1-12-9-10-15(13(2)11-12)16(3)14-7-5-4-6-8-14;;/h3-6,8-17H,1-2H3;4-7,9-11H,1-3H3;;. The van der Waals surface area contributed by atoms with Gasteiger partial charge in [0.05, 0.1) is 0 Å². The van der Waals surface area contributed by atoms with Crippen molar-refractivity contribution < 1.29 is 0 Å². The minimum absolute atomic E-state index is 0.643. The number of anilines is 5. The van der Waals surface area contributed by atoms with Crippen molar-refractivity contribution in [2.45, 2.75) is 27.7 Å². The summed E-state index contributed by atoms with van der Waals surface area (Å²) in [4.78, 5) is 4.54. The monoisotopic (exact) mass is 1070 g/mol. The van der Waals surface area contributed by atoms with Gasteiger partial charge in [0.1, 0.15) is 0 Å². The molecule has 6 radical (unpaired) electrons. The molecule has 0 spiro atoms. The second-order valence-electron chi connectivity index (χ2n) is 13.5. The molecule has 0 saturated carbocycles. The predicted octanol–water partition coefficient (Wildman–Crippen LogP) is 10.1. The van der Waals surface area contributed by atoms with Crippen LogP contribution >= 0.6 is 0 Å². The van der Waals surface area contributed by atoms with Gasteiger partial charge >= 0.3 is 347 Å². The molecule has 0 aromatic heterocycles. The van der Waals surface area contributed by atoms with Gasteiger partial charge in [-0.1, -0.05) is 0 Å². The van der Waals surface area contributed by atoms with Crippen LogP contribution in [0.15, 0.2) is 127 Å². The van der Waals surface area contributed by atoms with E-state index in [0.29, 0.717) is 11.1 Å². The molecule has 8 aromatic carbocycles. The van der Waals surface area contributed by atoms with Crippen molar-refractivity contribution >= 4 is 119 Å². The van der Waals surface area contributed by atoms with Gasteiger partial charge in [0.15, 0.2) is 0 Å². The normalized spacial score (nSPS) is 10.9. The fraction of sp³-hybridized carbons (Fsp3) is 0.106. The first-order valence-corrected chi connectivity index (χ1v) is 21.3. The summed E-state index contributed by atoms with van der Waals surface area (Å²) >= 11 is 1.96. The van der Waals surface area contributed by atoms with Gasteiger partial charge in [-0.15, -0.1) is 0 Å². The van der Waals surface area contributed by atoms with E-state index in [0.717, 1.165) is 106 Å². The Hall–Kier alpha value is -4.78. The summed E-state index contributed by atoms with van der Waals surface area (Å²) < 4.78 is 2.71. The molecule has 6 heteroatoms. The molecule has 0 N–H and O–H groups in total. The number of aryl methyl sites for hydroxylation is 4. The van der Waals surface area contributed by atoms with Crippen molar-refractivity contribution in [3.05, 3.63) is 161 Å². The first-order valence-electron chi connectivity index (χ1n) is 17.5. The summed E-state index contributed by atoms with van der Waals surface area (Å²) in [5, 5.41) is 26.3. The van der Waals surface area contributed by atoms with Crippen LogP contribution in [0, 0.1) is 50.4 Å². The second-order valence-corrected chi connectivity index (χ2v) is 17.7. The molecule has 8 rings (SSSR count). The van der Waals surface area contributed by atoms with E-state index < -0.39 is 0 Å². The van der Waals surface area contributed by atoms with E-state index in [2.05, 4.69) is 160 Å². The summed E-state index contributed by atoms with van der Waals surface area (Å²) in [6.07, 6.45) is 0. The number of rotatable bonds is 5. The molecule has 0 amide bonds. The molecule has 4 nitrogen and oxygen atoms in total. The molecule has 0 saturated heterocycles. The zero-order valence-corrected chi connectivity index (χ0v) is 38.2. The molecule has 0 fully saturated rings. The number of nitriles is 2. The molecule has 0 atom stereocenters. The first kappa shape index (κ1) is 36.6. The third-order valence-corrected chi connectivity index (χ3v) is 13.2. The van der Waals surface area contributed by atoms with Gasteiger partial charge in [-0.2, -0.15) is 0 Å². The third-order valence-electron chi connectivity index (χ3n) is 9.95. The van der Waals surface area contributed by atoms with Crippen molar-refractivity contribution in [3.8, 4) is 12.1 Å². The number of para-hydroxylation sites is 2. The summed E-state index contributed by atoms with van der Waals surface area (Å²) in [5.74, 6) is 0. The Bertz CT molecular complexity index is 2760. The van der Waals surface area contributed by atoms with Gasteiger partial charge in [-0.05, 0) is 0 Å². The summed E-state index contributed by atoms with van der Waals surface area (Å²) in [7, 11) is 2.15. The van der Waals surface area contributed by atoms with Crippen molar-refractivity contribution in [1.29, 1.82) is 10.5 Å². The number of benzene rings is 8. The average Bonchev–Trinajstić information content (AvgIpc) is 3.15. The fourth-order valence-corrected chi connectivity index (χ4v) is 9.93. The van der Waals surface area contributed by atoms with Gasteiger partial charge in [0.2, 0.25) is 0 Å². The Balaban J connectivity index is 0.000000215. The van der Waals surface area contributed by atoms with Crippen LogP contribution in [0.1, 0.15) is 33.4 Å². The van der Waals surface area contributed by atoms with E-state index in [4.69, 9.17) is 0 Å². The van der Waals surface area contributed by atoms with Crippen LogP contribution in [0.5, 0.6) is 0 Å². The Morgan fingerprint density at radius 3 is 1.64 bits per heavy atom. The van der Waals surface area contributed by atoms with Crippen LogP contribution in [0.4, 0.5) is 28.4 Å². The van der Waals surface area contributed by atoms with E-state index in [1.165, 1.54) is 34.3 Å². The Labute approximate surface area is 343 Å². The SMILES string of the molecule is Cc1ccc(N(C)c2cccc[c]2[Pb])c(C)c1.Cc1ccc(N(c2cccc[c]2[Pb])c2cc3ccc4ccc(C#N)c5ccc(c2C#N)c3c45)c(C)c1. The van der Waals surface area contributed by atoms with Gasteiger partial charge < -0.3 is 0 Å². The van der Waals surface area contributed by atoms with Crippen LogP contribution in [0.3, 0.4) is 0 Å². The Morgan fingerprint density at radius 1 is 0.491 bits per heavy atom. The van der Waals surface area contributed by atoms with Crippen LogP contribution in [-0.4, -0.2) is 58.6 Å². The molecule has 53 heavy (non-hydrogen) atoms. The molecule has 0 bridgehead atoms. The quantitative estimate of drug-likeness (QED) is 0.127. The van der Waals surface area contributed by atoms with Gasteiger partial charge in [0.25, 0.3) is 0 Å². The van der Waals surface area contributed by atoms with Gasteiger partial charge in [0, 0.05) is 0 Å². The van der Waals surface area contributed by atoms with Crippen molar-refractivity contribution in [2.24, 2.45) is 0 Å². The Kier molecular flexibility index (Phi) is 10.6. The van der Waals surface area contributed by atoms with E-state index >= 15 is 0 Å². The molecule has 8 aromatic rings. The first-order chi connectivity index (χ1) is 25.6. The zero-order chi connectivity index (χ0) is 37.4. The number of hydrogen-bond acceptors (Lipinski definition) is 4. The fourth-order valence-electron chi connectivity index (χ4n) is 7.44. The average molecular weight is 1070 g/mol. The molecule has 0 aliphatic carbocycles. The van der Waals surface area contributed by atoms with Crippen LogP contribution in [0.25, 0.3) is 32.3 Å². The van der Waals surface area contributed by atoms with E-state index in [9.17, 15) is 10.5 Å².